The molecule has 0 aromatic rings. The fourth-order valence-electron chi connectivity index (χ4n) is 1.46. The van der Waals surface area contributed by atoms with Gasteiger partial charge >= 0.3 is 0 Å². The Hall–Kier alpha value is -0.230. The summed E-state index contributed by atoms with van der Waals surface area (Å²) < 4.78 is 28.2. The van der Waals surface area contributed by atoms with Gasteiger partial charge in [-0.3, -0.25) is 4.79 Å². The molecule has 0 aromatic heterocycles. The maximum absolute atomic E-state index is 11.8. The van der Waals surface area contributed by atoms with Crippen LogP contribution < -0.4 is 0 Å². The average molecular weight is 300 g/mol. The van der Waals surface area contributed by atoms with E-state index in [9.17, 15) is 13.6 Å². The van der Waals surface area contributed by atoms with E-state index < -0.39 is 13.0 Å². The first-order valence-corrected chi connectivity index (χ1v) is 6.48. The van der Waals surface area contributed by atoms with Gasteiger partial charge in [-0.05, 0) is 12.8 Å². The zero-order valence-corrected chi connectivity index (χ0v) is 10.6. The predicted octanol–water partition coefficient (Wildman–Crippen LogP) is 2.04. The number of alkyl halides is 3. The number of nitrogens with zero attached hydrogens (tertiary/aromatic N) is 1. The lowest BCUT2D eigenvalue weighted by Crippen LogP contribution is -2.35. The summed E-state index contributed by atoms with van der Waals surface area (Å²) >= 11 is 3.29. The summed E-state index contributed by atoms with van der Waals surface area (Å²) in [5, 5.41) is 0.743. The third-order valence-corrected chi connectivity index (χ3v) is 2.69. The molecule has 0 N–H and O–H groups in total. The van der Waals surface area contributed by atoms with Crippen LogP contribution in [-0.4, -0.2) is 48.4 Å². The van der Waals surface area contributed by atoms with E-state index in [0.29, 0.717) is 12.6 Å². The van der Waals surface area contributed by atoms with Gasteiger partial charge in [0, 0.05) is 17.9 Å². The molecule has 1 fully saturated rings. The molecular weight excluding hydrogens is 284 g/mol. The fourth-order valence-corrected chi connectivity index (χ4v) is 1.85. The Morgan fingerprint density at radius 1 is 1.50 bits per heavy atom. The molecule has 1 aliphatic carbocycles. The molecule has 0 spiro atoms. The van der Waals surface area contributed by atoms with Gasteiger partial charge in [-0.25, -0.2) is 8.78 Å². The van der Waals surface area contributed by atoms with E-state index in [1.54, 1.807) is 4.90 Å². The minimum absolute atomic E-state index is 0.00350. The Labute approximate surface area is 102 Å². The molecule has 0 unspecified atom stereocenters. The van der Waals surface area contributed by atoms with Gasteiger partial charge in [0.05, 0.1) is 13.0 Å². The van der Waals surface area contributed by atoms with Crippen LogP contribution in [-0.2, 0) is 9.53 Å². The SMILES string of the molecule is O=C(CCOCC(F)F)N(CCBr)C1CC1. The van der Waals surface area contributed by atoms with E-state index in [1.807, 2.05) is 0 Å². The summed E-state index contributed by atoms with van der Waals surface area (Å²) in [6.45, 7) is 0.169. The summed E-state index contributed by atoms with van der Waals surface area (Å²) in [5.41, 5.74) is 0. The number of halogens is 3. The summed E-state index contributed by atoms with van der Waals surface area (Å²) in [6.07, 6.45) is -0.166. The minimum atomic E-state index is -2.46. The summed E-state index contributed by atoms with van der Waals surface area (Å²) in [4.78, 5) is 13.5. The molecule has 0 atom stereocenters. The largest absolute Gasteiger partial charge is 0.375 e. The van der Waals surface area contributed by atoms with Crippen molar-refractivity contribution < 1.29 is 18.3 Å². The molecule has 0 saturated heterocycles. The second-order valence-corrected chi connectivity index (χ2v) is 4.52. The maximum atomic E-state index is 11.8. The van der Waals surface area contributed by atoms with Crippen LogP contribution in [0.5, 0.6) is 0 Å². The van der Waals surface area contributed by atoms with Crippen LogP contribution in [0.4, 0.5) is 8.78 Å². The Bertz CT molecular complexity index is 225. The minimum Gasteiger partial charge on any atom is -0.375 e. The van der Waals surface area contributed by atoms with Crippen LogP contribution in [0.15, 0.2) is 0 Å². The van der Waals surface area contributed by atoms with Crippen LogP contribution in [0.3, 0.4) is 0 Å². The second-order valence-electron chi connectivity index (χ2n) is 3.72. The van der Waals surface area contributed by atoms with Crippen LogP contribution in [0.2, 0.25) is 0 Å². The Kier molecular flexibility index (Phi) is 6.20. The first-order valence-electron chi connectivity index (χ1n) is 5.36. The summed E-state index contributed by atoms with van der Waals surface area (Å²) in [6, 6.07) is 0.361. The highest BCUT2D eigenvalue weighted by atomic mass is 79.9. The highest BCUT2D eigenvalue weighted by Crippen LogP contribution is 2.27. The number of ether oxygens (including phenoxy) is 1. The highest BCUT2D eigenvalue weighted by Gasteiger charge is 2.31. The topological polar surface area (TPSA) is 29.5 Å². The van der Waals surface area contributed by atoms with Crippen LogP contribution in [0.25, 0.3) is 0 Å². The highest BCUT2D eigenvalue weighted by molar-refractivity contribution is 9.09. The second kappa shape index (κ2) is 7.17. The van der Waals surface area contributed by atoms with Gasteiger partial charge in [-0.1, -0.05) is 15.9 Å². The number of hydrogen-bond acceptors (Lipinski definition) is 2. The molecule has 0 heterocycles. The van der Waals surface area contributed by atoms with Crippen molar-refractivity contribution in [2.45, 2.75) is 31.7 Å². The van der Waals surface area contributed by atoms with E-state index in [2.05, 4.69) is 20.7 Å². The van der Waals surface area contributed by atoms with Crippen molar-refractivity contribution in [3.8, 4) is 0 Å². The van der Waals surface area contributed by atoms with Gasteiger partial charge in [-0.15, -0.1) is 0 Å². The van der Waals surface area contributed by atoms with Crippen molar-refractivity contribution in [2.24, 2.45) is 0 Å². The molecule has 0 aromatic carbocycles. The van der Waals surface area contributed by atoms with E-state index in [4.69, 9.17) is 0 Å². The molecule has 0 bridgehead atoms. The van der Waals surface area contributed by atoms with E-state index in [1.165, 1.54) is 0 Å². The van der Waals surface area contributed by atoms with Crippen LogP contribution >= 0.6 is 15.9 Å². The number of rotatable bonds is 8. The van der Waals surface area contributed by atoms with Crippen molar-refractivity contribution in [1.29, 1.82) is 0 Å². The van der Waals surface area contributed by atoms with E-state index in [0.717, 1.165) is 18.2 Å². The molecule has 94 valence electrons. The van der Waals surface area contributed by atoms with Gasteiger partial charge in [-0.2, -0.15) is 0 Å². The lowest BCUT2D eigenvalue weighted by Gasteiger charge is -2.21. The molecular formula is C10H16BrF2NO2. The van der Waals surface area contributed by atoms with Crippen molar-refractivity contribution in [3.63, 3.8) is 0 Å². The number of amides is 1. The first kappa shape index (κ1) is 13.8. The predicted molar refractivity (Wildman–Crippen MR) is 60.0 cm³/mol. The van der Waals surface area contributed by atoms with Gasteiger partial charge in [0.15, 0.2) is 0 Å². The third-order valence-electron chi connectivity index (χ3n) is 2.34. The molecule has 16 heavy (non-hydrogen) atoms. The molecule has 1 aliphatic rings. The fraction of sp³-hybridized carbons (Fsp3) is 0.900. The first-order chi connectivity index (χ1) is 7.65. The average Bonchev–Trinajstić information content (AvgIpc) is 3.04. The molecule has 0 aliphatic heterocycles. The van der Waals surface area contributed by atoms with Crippen molar-refractivity contribution >= 4 is 21.8 Å². The lowest BCUT2D eigenvalue weighted by atomic mass is 10.3. The van der Waals surface area contributed by atoms with Crippen molar-refractivity contribution in [3.05, 3.63) is 0 Å². The zero-order chi connectivity index (χ0) is 12.0. The Morgan fingerprint density at radius 2 is 2.19 bits per heavy atom. The van der Waals surface area contributed by atoms with Crippen LogP contribution in [0, 0.1) is 0 Å². The van der Waals surface area contributed by atoms with Gasteiger partial charge in [0.2, 0.25) is 5.91 Å². The van der Waals surface area contributed by atoms with Crippen LogP contribution in [0.1, 0.15) is 19.3 Å². The smallest absolute Gasteiger partial charge is 0.261 e. The van der Waals surface area contributed by atoms with E-state index in [-0.39, 0.29) is 18.9 Å². The Morgan fingerprint density at radius 3 is 2.69 bits per heavy atom. The van der Waals surface area contributed by atoms with Crippen molar-refractivity contribution in [1.82, 2.24) is 4.90 Å². The quantitative estimate of drug-likeness (QED) is 0.507. The summed E-state index contributed by atoms with van der Waals surface area (Å²) in [7, 11) is 0. The van der Waals surface area contributed by atoms with Gasteiger partial charge < -0.3 is 9.64 Å². The summed E-state index contributed by atoms with van der Waals surface area (Å²) in [5.74, 6) is -0.00350. The number of hydrogen-bond donors (Lipinski definition) is 0. The van der Waals surface area contributed by atoms with Gasteiger partial charge in [0.25, 0.3) is 6.43 Å². The zero-order valence-electron chi connectivity index (χ0n) is 9.00. The maximum Gasteiger partial charge on any atom is 0.261 e. The number of carbonyl (C=O) groups excluding carboxylic acids is 1. The molecule has 1 amide bonds. The monoisotopic (exact) mass is 299 g/mol. The van der Waals surface area contributed by atoms with Crippen molar-refractivity contribution in [2.75, 3.05) is 25.1 Å². The molecule has 1 rings (SSSR count). The molecule has 1 saturated carbocycles. The molecule has 3 nitrogen and oxygen atoms in total. The molecule has 0 radical (unpaired) electrons. The normalized spacial score (nSPS) is 15.5. The Balaban J connectivity index is 2.16. The van der Waals surface area contributed by atoms with Gasteiger partial charge in [0.1, 0.15) is 6.61 Å². The van der Waals surface area contributed by atoms with E-state index >= 15 is 0 Å². The molecule has 6 heteroatoms. The lowest BCUT2D eigenvalue weighted by molar-refractivity contribution is -0.133. The standard InChI is InChI=1S/C10H16BrF2NO2/c11-4-5-14(8-1-2-8)10(15)3-6-16-7-9(12)13/h8-9H,1-7H2. The number of carbonyl (C=O) groups is 1. The third kappa shape index (κ3) is 5.21.